The number of halogens is 1. The van der Waals surface area contributed by atoms with Crippen molar-refractivity contribution in [2.45, 2.75) is 62.8 Å². The molecule has 0 aromatic heterocycles. The van der Waals surface area contributed by atoms with E-state index < -0.39 is 5.60 Å². The molecule has 4 aliphatic carbocycles. The molecular weight excluding hydrogens is 398 g/mol. The van der Waals surface area contributed by atoms with E-state index in [2.05, 4.69) is 17.4 Å². The zero-order valence-electron chi connectivity index (χ0n) is 17.5. The Morgan fingerprint density at radius 3 is 2.53 bits per heavy atom. The molecule has 30 heavy (non-hydrogen) atoms. The fraction of sp³-hybridized carbons (Fsp3) is 0.520. The summed E-state index contributed by atoms with van der Waals surface area (Å²) >= 11 is 6.06. The average molecular weight is 428 g/mol. The van der Waals surface area contributed by atoms with Crippen molar-refractivity contribution in [3.05, 3.63) is 58.6 Å². The summed E-state index contributed by atoms with van der Waals surface area (Å²) in [5.74, 6) is 2.83. The summed E-state index contributed by atoms with van der Waals surface area (Å²) in [6.45, 7) is 1.22. The molecule has 6 rings (SSSR count). The molecule has 2 N–H and O–H groups in total. The molecule has 4 saturated carbocycles. The highest BCUT2D eigenvalue weighted by atomic mass is 35.5. The van der Waals surface area contributed by atoms with Gasteiger partial charge in [-0.3, -0.25) is 0 Å². The topological polar surface area (TPSA) is 50.7 Å². The first-order chi connectivity index (χ1) is 14.4. The van der Waals surface area contributed by atoms with E-state index in [-0.39, 0.29) is 5.54 Å². The highest BCUT2D eigenvalue weighted by Crippen LogP contribution is 2.57. The summed E-state index contributed by atoms with van der Waals surface area (Å²) in [6.07, 6.45) is 6.59. The molecule has 0 heterocycles. The fourth-order valence-electron chi connectivity index (χ4n) is 6.44. The summed E-state index contributed by atoms with van der Waals surface area (Å²) < 4.78 is 11.6. The van der Waals surface area contributed by atoms with E-state index in [1.807, 2.05) is 30.3 Å². The van der Waals surface area contributed by atoms with Crippen LogP contribution in [0.5, 0.6) is 11.5 Å². The molecule has 2 aromatic carbocycles. The average Bonchev–Trinajstić information content (AvgIpc) is 2.69. The Morgan fingerprint density at radius 1 is 1.03 bits per heavy atom. The highest BCUT2D eigenvalue weighted by Gasteiger charge is 2.56. The molecule has 4 bridgehead atoms. The number of nitrogens with one attached hydrogen (secondary N) is 1. The van der Waals surface area contributed by atoms with Crippen LogP contribution in [0.4, 0.5) is 0 Å². The monoisotopic (exact) mass is 427 g/mol. The first kappa shape index (κ1) is 20.2. The van der Waals surface area contributed by atoms with Crippen LogP contribution in [0.3, 0.4) is 0 Å². The quantitative estimate of drug-likeness (QED) is 0.645. The molecule has 4 nitrogen and oxygen atoms in total. The van der Waals surface area contributed by atoms with Gasteiger partial charge in [-0.25, -0.2) is 0 Å². The molecule has 0 unspecified atom stereocenters. The molecule has 0 aliphatic heterocycles. The lowest BCUT2D eigenvalue weighted by atomic mass is 9.51. The maximum Gasteiger partial charge on any atom is 0.161 e. The third-order valence-electron chi connectivity index (χ3n) is 7.21. The molecule has 4 fully saturated rings. The minimum Gasteiger partial charge on any atom is -0.493 e. The van der Waals surface area contributed by atoms with Crippen LogP contribution in [-0.2, 0) is 13.2 Å². The number of rotatable bonds is 7. The minimum absolute atomic E-state index is 0.0911. The van der Waals surface area contributed by atoms with Gasteiger partial charge in [-0.2, -0.15) is 0 Å². The van der Waals surface area contributed by atoms with Crippen molar-refractivity contribution in [3.8, 4) is 11.5 Å². The van der Waals surface area contributed by atoms with Crippen molar-refractivity contribution < 1.29 is 14.6 Å². The Kier molecular flexibility index (Phi) is 5.20. The smallest absolute Gasteiger partial charge is 0.161 e. The van der Waals surface area contributed by atoms with Gasteiger partial charge in [-0.1, -0.05) is 29.8 Å². The summed E-state index contributed by atoms with van der Waals surface area (Å²) in [5, 5.41) is 15.5. The van der Waals surface area contributed by atoms with Crippen molar-refractivity contribution in [2.24, 2.45) is 11.8 Å². The van der Waals surface area contributed by atoms with Crippen molar-refractivity contribution in [1.82, 2.24) is 5.32 Å². The van der Waals surface area contributed by atoms with Crippen LogP contribution >= 0.6 is 11.6 Å². The summed E-state index contributed by atoms with van der Waals surface area (Å²) in [7, 11) is 1.67. The van der Waals surface area contributed by atoms with E-state index in [0.717, 1.165) is 42.9 Å². The van der Waals surface area contributed by atoms with Gasteiger partial charge in [-0.05, 0) is 85.8 Å². The number of ether oxygens (including phenoxy) is 2. The van der Waals surface area contributed by atoms with E-state index >= 15 is 0 Å². The summed E-state index contributed by atoms with van der Waals surface area (Å²) in [4.78, 5) is 0. The van der Waals surface area contributed by atoms with Gasteiger partial charge in [0.05, 0.1) is 12.7 Å². The molecule has 0 saturated heterocycles. The van der Waals surface area contributed by atoms with Gasteiger partial charge in [-0.15, -0.1) is 0 Å². The summed E-state index contributed by atoms with van der Waals surface area (Å²) in [6, 6.07) is 13.8. The van der Waals surface area contributed by atoms with E-state index in [9.17, 15) is 5.11 Å². The van der Waals surface area contributed by atoms with E-state index in [1.165, 1.54) is 24.8 Å². The van der Waals surface area contributed by atoms with E-state index in [1.54, 1.807) is 7.11 Å². The lowest BCUT2D eigenvalue weighted by molar-refractivity contribution is -0.142. The maximum absolute atomic E-state index is 11.0. The van der Waals surface area contributed by atoms with Crippen LogP contribution in [0.25, 0.3) is 0 Å². The molecular formula is C25H30ClNO3. The van der Waals surface area contributed by atoms with Crippen LogP contribution in [0.15, 0.2) is 42.5 Å². The number of benzene rings is 2. The molecule has 0 amide bonds. The third-order valence-corrected chi connectivity index (χ3v) is 7.44. The van der Waals surface area contributed by atoms with E-state index in [0.29, 0.717) is 23.5 Å². The molecule has 5 heteroatoms. The Morgan fingerprint density at radius 2 is 1.83 bits per heavy atom. The highest BCUT2D eigenvalue weighted by molar-refractivity contribution is 6.30. The van der Waals surface area contributed by atoms with Gasteiger partial charge in [0.2, 0.25) is 0 Å². The molecule has 4 aliphatic rings. The standard InChI is InChI=1S/C25H30ClNO3/c1-29-23-9-17(5-6-22(23)30-15-18-3-2-4-21(26)8-18)14-27-24-10-19-7-20(11-24)13-25(28,12-19)16-24/h2-6,8-9,19-20,27-28H,7,10-16H2,1H3/t19-,20-,24?,25?/m1/s1. The van der Waals surface area contributed by atoms with Crippen molar-refractivity contribution >= 4 is 11.6 Å². The van der Waals surface area contributed by atoms with Crippen LogP contribution in [0, 0.1) is 11.8 Å². The Balaban J connectivity index is 1.25. The predicted molar refractivity (Wildman–Crippen MR) is 118 cm³/mol. The zero-order valence-corrected chi connectivity index (χ0v) is 18.3. The van der Waals surface area contributed by atoms with Crippen LogP contribution in [0.1, 0.15) is 49.7 Å². The SMILES string of the molecule is COc1cc(CNC23C[C@H]4C[C@@H](CC(O)(C4)C2)C3)ccc1OCc1cccc(Cl)c1. The number of hydrogen-bond donors (Lipinski definition) is 2. The molecule has 2 aromatic rings. The Labute approximate surface area is 183 Å². The number of aliphatic hydroxyl groups is 1. The molecule has 0 spiro atoms. The largest absolute Gasteiger partial charge is 0.493 e. The first-order valence-corrected chi connectivity index (χ1v) is 11.3. The second-order valence-corrected chi connectivity index (χ2v) is 10.2. The van der Waals surface area contributed by atoms with Crippen LogP contribution < -0.4 is 14.8 Å². The second-order valence-electron chi connectivity index (χ2n) is 9.72. The fourth-order valence-corrected chi connectivity index (χ4v) is 6.65. The Hall–Kier alpha value is -1.75. The van der Waals surface area contributed by atoms with Crippen molar-refractivity contribution in [2.75, 3.05) is 7.11 Å². The number of methoxy groups -OCH3 is 1. The number of hydrogen-bond acceptors (Lipinski definition) is 4. The van der Waals surface area contributed by atoms with Gasteiger partial charge < -0.3 is 19.9 Å². The van der Waals surface area contributed by atoms with Gasteiger partial charge >= 0.3 is 0 Å². The first-order valence-electron chi connectivity index (χ1n) is 11.0. The van der Waals surface area contributed by atoms with Gasteiger partial charge in [0.15, 0.2) is 11.5 Å². The van der Waals surface area contributed by atoms with Crippen LogP contribution in [0.2, 0.25) is 5.02 Å². The zero-order chi connectivity index (χ0) is 20.8. The van der Waals surface area contributed by atoms with Crippen molar-refractivity contribution in [1.29, 1.82) is 0 Å². The maximum atomic E-state index is 11.0. The lowest BCUT2D eigenvalue weighted by Gasteiger charge is -2.60. The Bertz CT molecular complexity index is 916. The van der Waals surface area contributed by atoms with Gasteiger partial charge in [0, 0.05) is 17.1 Å². The second kappa shape index (κ2) is 7.74. The van der Waals surface area contributed by atoms with Crippen LogP contribution in [-0.4, -0.2) is 23.4 Å². The summed E-state index contributed by atoms with van der Waals surface area (Å²) in [5.41, 5.74) is 1.85. The molecule has 160 valence electrons. The minimum atomic E-state index is -0.438. The molecule has 2 atom stereocenters. The van der Waals surface area contributed by atoms with Crippen molar-refractivity contribution in [3.63, 3.8) is 0 Å². The molecule has 0 radical (unpaired) electrons. The van der Waals surface area contributed by atoms with Gasteiger partial charge in [0.1, 0.15) is 6.61 Å². The van der Waals surface area contributed by atoms with E-state index in [4.69, 9.17) is 21.1 Å². The normalized spacial score (nSPS) is 31.7. The van der Waals surface area contributed by atoms with Gasteiger partial charge in [0.25, 0.3) is 0 Å². The third kappa shape index (κ3) is 4.05. The predicted octanol–water partition coefficient (Wildman–Crippen LogP) is 5.10. The lowest BCUT2D eigenvalue weighted by Crippen LogP contribution is -2.64.